The smallest absolute Gasteiger partial charge is 0.313 e. The summed E-state index contributed by atoms with van der Waals surface area (Å²) in [6, 6.07) is 9.80. The number of carbonyl (C=O) groups excluding carboxylic acids is 2. The maximum Gasteiger partial charge on any atom is 0.313 e. The van der Waals surface area contributed by atoms with Crippen molar-refractivity contribution in [2.45, 2.75) is 6.10 Å². The van der Waals surface area contributed by atoms with Crippen molar-refractivity contribution in [2.75, 3.05) is 26.1 Å². The van der Waals surface area contributed by atoms with E-state index in [1.54, 1.807) is 24.3 Å². The minimum Gasteiger partial charge on any atom is -0.497 e. The zero-order valence-corrected chi connectivity index (χ0v) is 15.1. The second-order valence-electron chi connectivity index (χ2n) is 5.59. The van der Waals surface area contributed by atoms with E-state index in [-0.39, 0.29) is 12.2 Å². The van der Waals surface area contributed by atoms with Crippen molar-refractivity contribution in [3.05, 3.63) is 64.0 Å². The Balaban J connectivity index is 1.99. The molecule has 28 heavy (non-hydrogen) atoms. The van der Waals surface area contributed by atoms with Crippen LogP contribution >= 0.6 is 0 Å². The van der Waals surface area contributed by atoms with Gasteiger partial charge in [-0.25, -0.2) is 0 Å². The van der Waals surface area contributed by atoms with Crippen LogP contribution in [0.25, 0.3) is 0 Å². The Morgan fingerprint density at radius 1 is 1.18 bits per heavy atom. The predicted molar refractivity (Wildman–Crippen MR) is 97.4 cm³/mol. The Hall–Kier alpha value is -3.53. The lowest BCUT2D eigenvalue weighted by Crippen LogP contribution is -2.38. The lowest BCUT2D eigenvalue weighted by Gasteiger charge is -2.17. The van der Waals surface area contributed by atoms with E-state index in [1.807, 2.05) is 0 Å². The molecule has 10 heteroatoms. The number of nitro benzene ring substituents is 1. The Labute approximate surface area is 159 Å². The van der Waals surface area contributed by atoms with E-state index in [1.165, 1.54) is 14.2 Å². The minimum absolute atomic E-state index is 0.000509. The van der Waals surface area contributed by atoms with Crippen molar-refractivity contribution in [1.29, 1.82) is 0 Å². The number of nitrogens with zero attached hydrogens (tertiary/aromatic N) is 1. The Morgan fingerprint density at radius 2 is 1.93 bits per heavy atom. The molecule has 0 spiro atoms. The number of nitro groups is 1. The van der Waals surface area contributed by atoms with Gasteiger partial charge < -0.3 is 20.1 Å². The molecule has 2 amide bonds. The first-order valence-corrected chi connectivity index (χ1v) is 8.05. The molecule has 0 aliphatic rings. The predicted octanol–water partition coefficient (Wildman–Crippen LogP) is 2.18. The minimum atomic E-state index is -1.05. The fourth-order valence-electron chi connectivity index (χ4n) is 2.36. The summed E-state index contributed by atoms with van der Waals surface area (Å²) < 4.78 is 23.8. The molecule has 0 fully saturated rings. The monoisotopic (exact) mass is 391 g/mol. The number of nitrogens with one attached hydrogen (secondary N) is 2. The van der Waals surface area contributed by atoms with Crippen molar-refractivity contribution < 1.29 is 28.4 Å². The molecular formula is C18H18FN3O6. The van der Waals surface area contributed by atoms with Crippen LogP contribution in [-0.2, 0) is 14.3 Å². The topological polar surface area (TPSA) is 120 Å². The lowest BCUT2D eigenvalue weighted by molar-refractivity contribution is -0.387. The molecular weight excluding hydrogens is 373 g/mol. The van der Waals surface area contributed by atoms with Gasteiger partial charge in [-0.2, -0.15) is 4.39 Å². The molecule has 148 valence electrons. The van der Waals surface area contributed by atoms with Crippen LogP contribution in [0.5, 0.6) is 5.75 Å². The van der Waals surface area contributed by atoms with Gasteiger partial charge in [-0.05, 0) is 29.8 Å². The van der Waals surface area contributed by atoms with Gasteiger partial charge in [0.1, 0.15) is 5.75 Å². The van der Waals surface area contributed by atoms with Crippen molar-refractivity contribution in [3.63, 3.8) is 0 Å². The van der Waals surface area contributed by atoms with Crippen LogP contribution < -0.4 is 15.4 Å². The molecule has 1 unspecified atom stereocenters. The van der Waals surface area contributed by atoms with Crippen molar-refractivity contribution >= 4 is 23.2 Å². The zero-order valence-electron chi connectivity index (χ0n) is 15.1. The van der Waals surface area contributed by atoms with Gasteiger partial charge in [-0.3, -0.25) is 19.7 Å². The van der Waals surface area contributed by atoms with Crippen LogP contribution in [0, 0.1) is 15.9 Å². The second-order valence-corrected chi connectivity index (χ2v) is 5.59. The SMILES string of the molecule is COc1cccc(C(CNC(=O)C(=O)Nc2ccc(F)c([N+](=O)[O-])c2)OC)c1. The summed E-state index contributed by atoms with van der Waals surface area (Å²) in [7, 11) is 2.97. The van der Waals surface area contributed by atoms with Crippen LogP contribution in [0.15, 0.2) is 42.5 Å². The van der Waals surface area contributed by atoms with Gasteiger partial charge in [-0.1, -0.05) is 12.1 Å². The summed E-state index contributed by atoms with van der Waals surface area (Å²) in [5.41, 5.74) is -0.156. The van der Waals surface area contributed by atoms with Crippen LogP contribution in [-0.4, -0.2) is 37.5 Å². The molecule has 9 nitrogen and oxygen atoms in total. The number of ether oxygens (including phenoxy) is 2. The average molecular weight is 391 g/mol. The van der Waals surface area contributed by atoms with E-state index in [9.17, 15) is 24.1 Å². The van der Waals surface area contributed by atoms with E-state index in [0.717, 1.165) is 23.8 Å². The van der Waals surface area contributed by atoms with Crippen LogP contribution in [0.4, 0.5) is 15.8 Å². The maximum absolute atomic E-state index is 13.3. The highest BCUT2D eigenvalue weighted by Crippen LogP contribution is 2.22. The Kier molecular flexibility index (Phi) is 6.99. The molecule has 0 saturated carbocycles. The number of carbonyl (C=O) groups is 2. The van der Waals surface area contributed by atoms with Gasteiger partial charge >= 0.3 is 17.5 Å². The first-order valence-electron chi connectivity index (χ1n) is 8.05. The van der Waals surface area contributed by atoms with E-state index in [0.29, 0.717) is 5.75 Å². The number of benzene rings is 2. The number of halogens is 1. The van der Waals surface area contributed by atoms with Crippen molar-refractivity contribution in [1.82, 2.24) is 5.32 Å². The van der Waals surface area contributed by atoms with Crippen molar-refractivity contribution in [2.24, 2.45) is 0 Å². The quantitative estimate of drug-likeness (QED) is 0.424. The summed E-state index contributed by atoms with van der Waals surface area (Å²) in [5.74, 6) is -2.46. The molecule has 0 aromatic heterocycles. The third-order valence-electron chi connectivity index (χ3n) is 3.81. The fourth-order valence-corrected chi connectivity index (χ4v) is 2.36. The van der Waals surface area contributed by atoms with Gasteiger partial charge in [0.25, 0.3) is 0 Å². The third kappa shape index (κ3) is 5.24. The van der Waals surface area contributed by atoms with E-state index in [4.69, 9.17) is 9.47 Å². The summed E-state index contributed by atoms with van der Waals surface area (Å²) in [6.45, 7) is -0.000509. The number of methoxy groups -OCH3 is 2. The number of rotatable bonds is 7. The number of anilines is 1. The highest BCUT2D eigenvalue weighted by atomic mass is 19.1. The van der Waals surface area contributed by atoms with Crippen LogP contribution in [0.3, 0.4) is 0 Å². The van der Waals surface area contributed by atoms with Crippen LogP contribution in [0.2, 0.25) is 0 Å². The number of hydrogen-bond acceptors (Lipinski definition) is 6. The third-order valence-corrected chi connectivity index (χ3v) is 3.81. The summed E-state index contributed by atoms with van der Waals surface area (Å²) in [5, 5.41) is 15.3. The number of amides is 2. The largest absolute Gasteiger partial charge is 0.497 e. The fraction of sp³-hybridized carbons (Fsp3) is 0.222. The highest BCUT2D eigenvalue weighted by Gasteiger charge is 2.20. The first-order chi connectivity index (χ1) is 13.3. The van der Waals surface area contributed by atoms with Gasteiger partial charge in [0, 0.05) is 25.4 Å². The normalized spacial score (nSPS) is 11.4. The summed E-state index contributed by atoms with van der Waals surface area (Å²) in [6.07, 6.45) is -0.529. The van der Waals surface area contributed by atoms with E-state index < -0.39 is 34.3 Å². The first kappa shape index (κ1) is 20.8. The average Bonchev–Trinajstić information content (AvgIpc) is 2.69. The summed E-state index contributed by atoms with van der Waals surface area (Å²) >= 11 is 0. The molecule has 0 radical (unpaired) electrons. The molecule has 0 heterocycles. The van der Waals surface area contributed by atoms with Gasteiger partial charge in [0.2, 0.25) is 5.82 Å². The standard InChI is InChI=1S/C18H18FN3O6/c1-27-13-5-3-4-11(8-13)16(28-2)10-20-17(23)18(24)21-12-6-7-14(19)15(9-12)22(25)26/h3-9,16H,10H2,1-2H3,(H,20,23)(H,21,24). The molecule has 2 aromatic carbocycles. The van der Waals surface area contributed by atoms with Gasteiger partial charge in [0.15, 0.2) is 0 Å². The van der Waals surface area contributed by atoms with Crippen molar-refractivity contribution in [3.8, 4) is 5.75 Å². The van der Waals surface area contributed by atoms with Crippen LogP contribution in [0.1, 0.15) is 11.7 Å². The van der Waals surface area contributed by atoms with Gasteiger partial charge in [0.05, 0.1) is 18.1 Å². The molecule has 2 rings (SSSR count). The van der Waals surface area contributed by atoms with E-state index >= 15 is 0 Å². The lowest BCUT2D eigenvalue weighted by atomic mass is 10.1. The van der Waals surface area contributed by atoms with Gasteiger partial charge in [-0.15, -0.1) is 0 Å². The summed E-state index contributed by atoms with van der Waals surface area (Å²) in [4.78, 5) is 33.8. The molecule has 1 atom stereocenters. The molecule has 2 aromatic rings. The Morgan fingerprint density at radius 3 is 2.57 bits per heavy atom. The molecule has 0 saturated heterocycles. The second kappa shape index (κ2) is 9.42. The molecule has 0 aliphatic carbocycles. The maximum atomic E-state index is 13.3. The molecule has 0 bridgehead atoms. The molecule has 0 aliphatic heterocycles. The zero-order chi connectivity index (χ0) is 20.7. The highest BCUT2D eigenvalue weighted by molar-refractivity contribution is 6.39. The number of hydrogen-bond donors (Lipinski definition) is 2. The molecule has 2 N–H and O–H groups in total. The van der Waals surface area contributed by atoms with E-state index in [2.05, 4.69) is 10.6 Å². The Bertz CT molecular complexity index is 889.